The van der Waals surface area contributed by atoms with E-state index < -0.39 is 0 Å². The molecule has 0 bridgehead atoms. The molecule has 0 heterocycles. The Labute approximate surface area is 93.1 Å². The van der Waals surface area contributed by atoms with E-state index in [0.29, 0.717) is 11.0 Å². The summed E-state index contributed by atoms with van der Waals surface area (Å²) in [6, 6.07) is 7.85. The standard InChI is InChI=1S/C12H13N3O/c1-7-3-5-8(6-4-7)15-10-9(13)12(16)11(10)14-2/h3-6,15H,13H2,1-2H3. The Morgan fingerprint density at radius 3 is 2.44 bits per heavy atom. The minimum Gasteiger partial charge on any atom is -0.394 e. The van der Waals surface area contributed by atoms with Gasteiger partial charge in [0.05, 0.1) is 5.69 Å². The smallest absolute Gasteiger partial charge is 0.230 e. The fraction of sp³-hybridized carbons (Fsp3) is 0.167. The summed E-state index contributed by atoms with van der Waals surface area (Å²) in [7, 11) is 1.58. The minimum atomic E-state index is -0.183. The van der Waals surface area contributed by atoms with E-state index in [1.165, 1.54) is 5.56 Å². The van der Waals surface area contributed by atoms with Crippen molar-refractivity contribution in [2.75, 3.05) is 18.1 Å². The normalized spacial score (nSPS) is 12.0. The number of benzene rings is 1. The predicted molar refractivity (Wildman–Crippen MR) is 65.4 cm³/mol. The van der Waals surface area contributed by atoms with Crippen molar-refractivity contribution >= 4 is 17.1 Å². The maximum Gasteiger partial charge on any atom is 0.230 e. The summed E-state index contributed by atoms with van der Waals surface area (Å²) in [4.78, 5) is 15.2. The van der Waals surface area contributed by atoms with Crippen LogP contribution >= 0.6 is 0 Å². The lowest BCUT2D eigenvalue weighted by atomic mass is 10.1. The number of hydrogen-bond donors (Lipinski definition) is 2. The van der Waals surface area contributed by atoms with Crippen molar-refractivity contribution in [3.05, 3.63) is 45.4 Å². The van der Waals surface area contributed by atoms with E-state index in [9.17, 15) is 4.79 Å². The zero-order valence-electron chi connectivity index (χ0n) is 9.24. The van der Waals surface area contributed by atoms with E-state index >= 15 is 0 Å². The van der Waals surface area contributed by atoms with Crippen LogP contribution in [-0.4, -0.2) is 7.05 Å². The molecule has 4 nitrogen and oxygen atoms in total. The average Bonchev–Trinajstić information content (AvgIpc) is 2.30. The molecule has 0 aliphatic carbocycles. The van der Waals surface area contributed by atoms with Gasteiger partial charge in [0.1, 0.15) is 11.0 Å². The van der Waals surface area contributed by atoms with Crippen molar-refractivity contribution in [1.82, 2.24) is 0 Å². The van der Waals surface area contributed by atoms with Gasteiger partial charge in [0.2, 0.25) is 5.43 Å². The molecule has 4 heteroatoms. The lowest BCUT2D eigenvalue weighted by Crippen LogP contribution is -2.37. The minimum absolute atomic E-state index is 0.183. The van der Waals surface area contributed by atoms with Gasteiger partial charge < -0.3 is 11.1 Å². The molecule has 0 aliphatic rings. The number of anilines is 3. The Balaban J connectivity index is 2.32. The molecule has 0 atom stereocenters. The summed E-state index contributed by atoms with van der Waals surface area (Å²) < 4.78 is 0. The van der Waals surface area contributed by atoms with Crippen LogP contribution in [0.2, 0.25) is 0 Å². The molecule has 3 N–H and O–H groups in total. The summed E-state index contributed by atoms with van der Waals surface area (Å²) in [5, 5.41) is 3.50. The molecule has 16 heavy (non-hydrogen) atoms. The zero-order valence-corrected chi connectivity index (χ0v) is 9.24. The van der Waals surface area contributed by atoms with Crippen molar-refractivity contribution < 1.29 is 0 Å². The van der Waals surface area contributed by atoms with Crippen molar-refractivity contribution in [3.63, 3.8) is 0 Å². The van der Waals surface area contributed by atoms with Crippen LogP contribution in [-0.2, 0) is 0 Å². The Morgan fingerprint density at radius 1 is 1.25 bits per heavy atom. The van der Waals surface area contributed by atoms with Gasteiger partial charge >= 0.3 is 0 Å². The van der Waals surface area contributed by atoms with Gasteiger partial charge in [0.15, 0.2) is 0 Å². The lowest BCUT2D eigenvalue weighted by molar-refractivity contribution is 1.21. The molecule has 0 fully saturated rings. The average molecular weight is 215 g/mol. The SMILES string of the molecule is CN=c1c(Nc2ccc(C)cc2)c(N)c1=O. The quantitative estimate of drug-likeness (QED) is 0.788. The van der Waals surface area contributed by atoms with Crippen molar-refractivity contribution in [2.45, 2.75) is 6.92 Å². The van der Waals surface area contributed by atoms with Gasteiger partial charge in [-0.1, -0.05) is 17.7 Å². The van der Waals surface area contributed by atoms with Gasteiger partial charge in [0.25, 0.3) is 0 Å². The highest BCUT2D eigenvalue weighted by Gasteiger charge is 2.15. The van der Waals surface area contributed by atoms with Gasteiger partial charge in [-0.3, -0.25) is 9.79 Å². The highest BCUT2D eigenvalue weighted by Crippen LogP contribution is 2.18. The summed E-state index contributed by atoms with van der Waals surface area (Å²) in [6.45, 7) is 2.02. The van der Waals surface area contributed by atoms with Gasteiger partial charge in [-0.05, 0) is 19.1 Å². The first-order valence-corrected chi connectivity index (χ1v) is 4.98. The highest BCUT2D eigenvalue weighted by atomic mass is 16.1. The molecule has 0 amide bonds. The molecule has 0 aliphatic heterocycles. The Bertz CT molecular complexity index is 589. The van der Waals surface area contributed by atoms with Gasteiger partial charge in [-0.25, -0.2) is 0 Å². The second-order valence-corrected chi connectivity index (χ2v) is 3.68. The molecule has 0 aromatic heterocycles. The van der Waals surface area contributed by atoms with Crippen molar-refractivity contribution in [3.8, 4) is 0 Å². The maximum atomic E-state index is 11.3. The number of rotatable bonds is 2. The van der Waals surface area contributed by atoms with Crippen LogP contribution in [0.1, 0.15) is 5.56 Å². The third-order valence-electron chi connectivity index (χ3n) is 2.51. The molecule has 0 radical (unpaired) electrons. The van der Waals surface area contributed by atoms with Gasteiger partial charge in [0, 0.05) is 12.7 Å². The maximum absolute atomic E-state index is 11.3. The third kappa shape index (κ3) is 1.58. The second-order valence-electron chi connectivity index (χ2n) is 3.68. The Hall–Kier alpha value is -2.10. The van der Waals surface area contributed by atoms with Crippen molar-refractivity contribution in [1.29, 1.82) is 0 Å². The van der Waals surface area contributed by atoms with E-state index in [2.05, 4.69) is 10.3 Å². The van der Waals surface area contributed by atoms with Crippen LogP contribution in [0.15, 0.2) is 34.1 Å². The van der Waals surface area contributed by atoms with E-state index in [1.54, 1.807) is 7.05 Å². The molecule has 2 aromatic carbocycles. The molecule has 2 aromatic rings. The predicted octanol–water partition coefficient (Wildman–Crippen LogP) is 1.09. The zero-order chi connectivity index (χ0) is 11.7. The van der Waals surface area contributed by atoms with Crippen LogP contribution in [0.3, 0.4) is 0 Å². The lowest BCUT2D eigenvalue weighted by Gasteiger charge is -2.12. The molecule has 0 saturated heterocycles. The van der Waals surface area contributed by atoms with Gasteiger partial charge in [-0.2, -0.15) is 0 Å². The van der Waals surface area contributed by atoms with Gasteiger partial charge in [-0.15, -0.1) is 0 Å². The van der Waals surface area contributed by atoms with E-state index in [4.69, 9.17) is 5.73 Å². The van der Waals surface area contributed by atoms with E-state index in [0.717, 1.165) is 5.69 Å². The molecular formula is C12H13N3O. The molecule has 0 unspecified atom stereocenters. The molecule has 0 spiro atoms. The first-order valence-electron chi connectivity index (χ1n) is 4.98. The first kappa shape index (κ1) is 10.4. The molecule has 2 rings (SSSR count). The second kappa shape index (κ2) is 3.81. The van der Waals surface area contributed by atoms with E-state index in [1.807, 2.05) is 31.2 Å². The molecular weight excluding hydrogens is 202 g/mol. The highest BCUT2D eigenvalue weighted by molar-refractivity contribution is 5.76. The van der Waals surface area contributed by atoms with Crippen LogP contribution in [0.25, 0.3) is 0 Å². The van der Waals surface area contributed by atoms with E-state index in [-0.39, 0.29) is 11.1 Å². The summed E-state index contributed by atoms with van der Waals surface area (Å²) in [6.07, 6.45) is 0. The molecule has 82 valence electrons. The fourth-order valence-corrected chi connectivity index (χ4v) is 1.54. The van der Waals surface area contributed by atoms with Crippen LogP contribution in [0.4, 0.5) is 17.1 Å². The van der Waals surface area contributed by atoms with Crippen LogP contribution in [0.5, 0.6) is 0 Å². The number of nitrogens with two attached hydrogens (primary N) is 1. The number of nitrogen functional groups attached to an aromatic ring is 1. The number of aryl methyl sites for hydroxylation is 1. The number of nitrogens with zero attached hydrogens (tertiary/aromatic N) is 1. The largest absolute Gasteiger partial charge is 0.394 e. The first-order chi connectivity index (χ1) is 7.63. The monoisotopic (exact) mass is 215 g/mol. The van der Waals surface area contributed by atoms with Crippen LogP contribution < -0.4 is 21.8 Å². The summed E-state index contributed by atoms with van der Waals surface area (Å²) in [5.41, 5.74) is 8.37. The van der Waals surface area contributed by atoms with Crippen LogP contribution in [0, 0.1) is 6.92 Å². The summed E-state index contributed by atoms with van der Waals surface area (Å²) >= 11 is 0. The number of nitrogens with one attached hydrogen (secondary N) is 1. The topological polar surface area (TPSA) is 67.5 Å². The Morgan fingerprint density at radius 2 is 1.88 bits per heavy atom. The third-order valence-corrected chi connectivity index (χ3v) is 2.51. The number of hydrogen-bond acceptors (Lipinski definition) is 4. The fourth-order valence-electron chi connectivity index (χ4n) is 1.54. The summed E-state index contributed by atoms with van der Waals surface area (Å²) in [5.74, 6) is 0. The molecule has 0 saturated carbocycles. The Kier molecular flexibility index (Phi) is 2.48. The van der Waals surface area contributed by atoms with Crippen molar-refractivity contribution in [2.24, 2.45) is 4.99 Å².